The van der Waals surface area contributed by atoms with Crippen molar-refractivity contribution in [2.75, 3.05) is 19.6 Å². The Morgan fingerprint density at radius 2 is 2.04 bits per heavy atom. The Kier molecular flexibility index (Phi) is 4.95. The fourth-order valence-corrected chi connectivity index (χ4v) is 4.14. The van der Waals surface area contributed by atoms with Gasteiger partial charge in [0.15, 0.2) is 0 Å². The van der Waals surface area contributed by atoms with Gasteiger partial charge in [-0.2, -0.15) is 0 Å². The molecule has 2 aliphatic heterocycles. The molecule has 1 amide bonds. The average Bonchev–Trinajstić information content (AvgIpc) is 3.19. The van der Waals surface area contributed by atoms with E-state index in [-0.39, 0.29) is 5.91 Å². The number of carbonyl (C=O) groups is 1. The van der Waals surface area contributed by atoms with Crippen molar-refractivity contribution in [3.63, 3.8) is 0 Å². The zero-order valence-electron chi connectivity index (χ0n) is 15.1. The number of piperidine rings is 1. The molecule has 2 aliphatic rings. The van der Waals surface area contributed by atoms with Gasteiger partial charge >= 0.3 is 0 Å². The molecular weight excluding hydrogens is 326 g/mol. The lowest BCUT2D eigenvalue weighted by atomic mass is 9.81. The SMILES string of the molecule is Cc1cnc(C(=O)N2CCCC(C3NNCC3c3ccccc3)C2)cn1. The Hall–Kier alpha value is -2.31. The molecule has 2 aromatic rings. The van der Waals surface area contributed by atoms with E-state index < -0.39 is 0 Å². The fraction of sp³-hybridized carbons (Fsp3) is 0.450. The molecule has 2 saturated heterocycles. The molecule has 0 radical (unpaired) electrons. The molecule has 1 aromatic carbocycles. The van der Waals surface area contributed by atoms with Crippen LogP contribution in [0.2, 0.25) is 0 Å². The van der Waals surface area contributed by atoms with Crippen molar-refractivity contribution < 1.29 is 4.79 Å². The Morgan fingerprint density at radius 1 is 1.19 bits per heavy atom. The van der Waals surface area contributed by atoms with Crippen LogP contribution in [0.3, 0.4) is 0 Å². The second-order valence-corrected chi connectivity index (χ2v) is 7.26. The molecule has 1 aromatic heterocycles. The summed E-state index contributed by atoms with van der Waals surface area (Å²) < 4.78 is 0. The van der Waals surface area contributed by atoms with Gasteiger partial charge in [0.05, 0.1) is 11.9 Å². The first-order valence-corrected chi connectivity index (χ1v) is 9.33. The maximum Gasteiger partial charge on any atom is 0.274 e. The molecule has 0 bridgehead atoms. The Labute approximate surface area is 154 Å². The van der Waals surface area contributed by atoms with Crippen molar-refractivity contribution in [2.24, 2.45) is 5.92 Å². The molecule has 0 saturated carbocycles. The highest BCUT2D eigenvalue weighted by Crippen LogP contribution is 2.31. The number of aromatic nitrogens is 2. The first-order valence-electron chi connectivity index (χ1n) is 9.33. The lowest BCUT2D eigenvalue weighted by Crippen LogP contribution is -2.48. The predicted octanol–water partition coefficient (Wildman–Crippen LogP) is 1.90. The van der Waals surface area contributed by atoms with E-state index in [0.717, 1.165) is 38.2 Å². The zero-order chi connectivity index (χ0) is 17.9. The average molecular weight is 351 g/mol. The van der Waals surface area contributed by atoms with Crippen molar-refractivity contribution in [1.82, 2.24) is 25.7 Å². The molecule has 2 fully saturated rings. The maximum absolute atomic E-state index is 12.8. The van der Waals surface area contributed by atoms with Gasteiger partial charge in [-0.3, -0.25) is 20.6 Å². The maximum atomic E-state index is 12.8. The summed E-state index contributed by atoms with van der Waals surface area (Å²) in [4.78, 5) is 23.2. The second kappa shape index (κ2) is 7.51. The van der Waals surface area contributed by atoms with Crippen LogP contribution in [0.1, 0.15) is 40.5 Å². The summed E-state index contributed by atoms with van der Waals surface area (Å²) in [6.07, 6.45) is 5.40. The summed E-state index contributed by atoms with van der Waals surface area (Å²) in [6, 6.07) is 11.0. The van der Waals surface area contributed by atoms with Crippen LogP contribution in [0.4, 0.5) is 0 Å². The van der Waals surface area contributed by atoms with E-state index in [1.54, 1.807) is 12.4 Å². The Morgan fingerprint density at radius 3 is 2.81 bits per heavy atom. The van der Waals surface area contributed by atoms with Crippen LogP contribution in [0.15, 0.2) is 42.7 Å². The third-order valence-corrected chi connectivity index (χ3v) is 5.50. The van der Waals surface area contributed by atoms with E-state index >= 15 is 0 Å². The summed E-state index contributed by atoms with van der Waals surface area (Å²) in [5, 5.41) is 0. The molecule has 3 atom stereocenters. The van der Waals surface area contributed by atoms with Crippen molar-refractivity contribution in [3.8, 4) is 0 Å². The van der Waals surface area contributed by atoms with Gasteiger partial charge in [-0.1, -0.05) is 30.3 Å². The summed E-state index contributed by atoms with van der Waals surface area (Å²) in [5.41, 5.74) is 9.40. The van der Waals surface area contributed by atoms with Crippen LogP contribution >= 0.6 is 0 Å². The van der Waals surface area contributed by atoms with E-state index in [1.807, 2.05) is 11.8 Å². The lowest BCUT2D eigenvalue weighted by molar-refractivity contribution is 0.0638. The number of hydrogen-bond donors (Lipinski definition) is 2. The number of amides is 1. The van der Waals surface area contributed by atoms with E-state index in [4.69, 9.17) is 0 Å². The van der Waals surface area contributed by atoms with Crippen molar-refractivity contribution in [2.45, 2.75) is 31.7 Å². The molecule has 6 heteroatoms. The monoisotopic (exact) mass is 351 g/mol. The minimum Gasteiger partial charge on any atom is -0.337 e. The first-order chi connectivity index (χ1) is 12.7. The number of nitrogens with zero attached hydrogens (tertiary/aromatic N) is 3. The smallest absolute Gasteiger partial charge is 0.274 e. The second-order valence-electron chi connectivity index (χ2n) is 7.26. The van der Waals surface area contributed by atoms with E-state index in [1.165, 1.54) is 5.56 Å². The highest BCUT2D eigenvalue weighted by Gasteiger charge is 2.37. The number of hydrogen-bond acceptors (Lipinski definition) is 5. The number of rotatable bonds is 3. The van der Waals surface area contributed by atoms with Gasteiger partial charge in [-0.05, 0) is 31.2 Å². The molecule has 26 heavy (non-hydrogen) atoms. The molecule has 3 heterocycles. The van der Waals surface area contributed by atoms with Gasteiger partial charge in [0, 0.05) is 37.8 Å². The first kappa shape index (κ1) is 17.1. The summed E-state index contributed by atoms with van der Waals surface area (Å²) >= 11 is 0. The molecule has 4 rings (SSSR count). The van der Waals surface area contributed by atoms with E-state index in [9.17, 15) is 4.79 Å². The number of carbonyl (C=O) groups excluding carboxylic acids is 1. The third-order valence-electron chi connectivity index (χ3n) is 5.50. The highest BCUT2D eigenvalue weighted by molar-refractivity contribution is 5.92. The van der Waals surface area contributed by atoms with Crippen LogP contribution in [0.5, 0.6) is 0 Å². The lowest BCUT2D eigenvalue weighted by Gasteiger charge is -2.37. The summed E-state index contributed by atoms with van der Waals surface area (Å²) in [6.45, 7) is 4.35. The number of nitrogens with one attached hydrogen (secondary N) is 2. The van der Waals surface area contributed by atoms with Crippen molar-refractivity contribution in [3.05, 3.63) is 59.7 Å². The number of aryl methyl sites for hydroxylation is 1. The zero-order valence-corrected chi connectivity index (χ0v) is 15.1. The standard InChI is InChI=1S/C20H25N5O/c1-14-10-22-18(12-21-14)20(26)25-9-5-8-16(13-25)19-17(11-23-24-19)15-6-3-2-4-7-15/h2-4,6-7,10,12,16-17,19,23-24H,5,8-9,11,13H2,1H3. The molecule has 0 aliphatic carbocycles. The number of benzene rings is 1. The van der Waals surface area contributed by atoms with Gasteiger partial charge < -0.3 is 4.90 Å². The quantitative estimate of drug-likeness (QED) is 0.884. The third kappa shape index (κ3) is 3.48. The summed E-state index contributed by atoms with van der Waals surface area (Å²) in [5.74, 6) is 0.839. The van der Waals surface area contributed by atoms with Gasteiger partial charge in [0.25, 0.3) is 5.91 Å². The number of hydrazine groups is 1. The van der Waals surface area contributed by atoms with Crippen LogP contribution in [0.25, 0.3) is 0 Å². The fourth-order valence-electron chi connectivity index (χ4n) is 4.14. The van der Waals surface area contributed by atoms with Crippen LogP contribution in [-0.2, 0) is 0 Å². The van der Waals surface area contributed by atoms with Gasteiger partial charge in [0.1, 0.15) is 5.69 Å². The number of likely N-dealkylation sites (tertiary alicyclic amines) is 1. The van der Waals surface area contributed by atoms with Crippen molar-refractivity contribution >= 4 is 5.91 Å². The molecule has 2 N–H and O–H groups in total. The molecular formula is C20H25N5O. The molecule has 136 valence electrons. The van der Waals surface area contributed by atoms with Gasteiger partial charge in [-0.25, -0.2) is 4.98 Å². The predicted molar refractivity (Wildman–Crippen MR) is 99.5 cm³/mol. The molecule has 3 unspecified atom stereocenters. The normalized spacial score (nSPS) is 26.0. The molecule has 0 spiro atoms. The van der Waals surface area contributed by atoms with E-state index in [2.05, 4.69) is 51.2 Å². The summed E-state index contributed by atoms with van der Waals surface area (Å²) in [7, 11) is 0. The molecule has 6 nitrogen and oxygen atoms in total. The Bertz CT molecular complexity index is 749. The highest BCUT2D eigenvalue weighted by atomic mass is 16.2. The van der Waals surface area contributed by atoms with Crippen LogP contribution in [-0.4, -0.2) is 46.5 Å². The van der Waals surface area contributed by atoms with Gasteiger partial charge in [0.2, 0.25) is 0 Å². The largest absolute Gasteiger partial charge is 0.337 e. The minimum atomic E-state index is -0.00980. The van der Waals surface area contributed by atoms with E-state index in [0.29, 0.717) is 23.6 Å². The van der Waals surface area contributed by atoms with Crippen molar-refractivity contribution in [1.29, 1.82) is 0 Å². The minimum absolute atomic E-state index is 0.00980. The van der Waals surface area contributed by atoms with Gasteiger partial charge in [-0.15, -0.1) is 0 Å². The van der Waals surface area contributed by atoms with Crippen LogP contribution in [0, 0.1) is 12.8 Å². The van der Waals surface area contributed by atoms with Crippen LogP contribution < -0.4 is 10.9 Å². The Balaban J connectivity index is 1.48. The topological polar surface area (TPSA) is 70.2 Å².